The van der Waals surface area contributed by atoms with E-state index in [2.05, 4.69) is 10.6 Å². The lowest BCUT2D eigenvalue weighted by molar-refractivity contribution is -0.116. The third kappa shape index (κ3) is 4.30. The molecular formula is C16H14ClFN2O2. The van der Waals surface area contributed by atoms with Gasteiger partial charge in [-0.1, -0.05) is 35.9 Å². The van der Waals surface area contributed by atoms with Crippen LogP contribution in [-0.2, 0) is 4.79 Å². The zero-order valence-electron chi connectivity index (χ0n) is 11.6. The van der Waals surface area contributed by atoms with Crippen molar-refractivity contribution in [3.05, 3.63) is 64.9 Å². The van der Waals surface area contributed by atoms with Crippen LogP contribution in [0.5, 0.6) is 0 Å². The number of halogens is 2. The summed E-state index contributed by atoms with van der Waals surface area (Å²) in [4.78, 5) is 23.5. The zero-order chi connectivity index (χ0) is 15.9. The van der Waals surface area contributed by atoms with Crippen molar-refractivity contribution in [1.29, 1.82) is 0 Å². The lowest BCUT2D eigenvalue weighted by Crippen LogP contribution is -2.27. The maximum Gasteiger partial charge on any atom is 0.251 e. The van der Waals surface area contributed by atoms with Gasteiger partial charge in [0.2, 0.25) is 5.91 Å². The molecule has 0 aliphatic rings. The van der Waals surface area contributed by atoms with E-state index in [4.69, 9.17) is 11.6 Å². The van der Waals surface area contributed by atoms with E-state index in [1.807, 2.05) is 6.07 Å². The molecule has 0 radical (unpaired) electrons. The van der Waals surface area contributed by atoms with E-state index < -0.39 is 11.7 Å². The second-order valence-electron chi connectivity index (χ2n) is 4.52. The number of anilines is 1. The Balaban J connectivity index is 1.81. The predicted molar refractivity (Wildman–Crippen MR) is 83.4 cm³/mol. The van der Waals surface area contributed by atoms with Gasteiger partial charge in [0, 0.05) is 18.5 Å². The maximum atomic E-state index is 13.6. The van der Waals surface area contributed by atoms with Gasteiger partial charge in [-0.3, -0.25) is 9.59 Å². The van der Waals surface area contributed by atoms with Gasteiger partial charge in [0.05, 0.1) is 10.7 Å². The largest absolute Gasteiger partial charge is 0.352 e. The minimum absolute atomic E-state index is 0.0203. The Kier molecular flexibility index (Phi) is 5.49. The SMILES string of the molecule is O=C(CCNC(=O)c1ccccc1)Nc1cccc(Cl)c1F. The van der Waals surface area contributed by atoms with Crippen LogP contribution in [0.1, 0.15) is 16.8 Å². The third-order valence-corrected chi connectivity index (χ3v) is 3.19. The minimum atomic E-state index is -0.675. The van der Waals surface area contributed by atoms with E-state index in [0.29, 0.717) is 5.56 Å². The molecule has 114 valence electrons. The first-order chi connectivity index (χ1) is 10.6. The number of nitrogens with one attached hydrogen (secondary N) is 2. The summed E-state index contributed by atoms with van der Waals surface area (Å²) in [7, 11) is 0. The lowest BCUT2D eigenvalue weighted by Gasteiger charge is -2.08. The highest BCUT2D eigenvalue weighted by molar-refractivity contribution is 6.31. The van der Waals surface area contributed by atoms with Gasteiger partial charge in [-0.05, 0) is 24.3 Å². The highest BCUT2D eigenvalue weighted by Crippen LogP contribution is 2.21. The van der Waals surface area contributed by atoms with Gasteiger partial charge >= 0.3 is 0 Å². The first-order valence-corrected chi connectivity index (χ1v) is 7.03. The molecule has 0 bridgehead atoms. The smallest absolute Gasteiger partial charge is 0.251 e. The van der Waals surface area contributed by atoms with Crippen LogP contribution in [0.2, 0.25) is 5.02 Å². The molecule has 0 saturated carbocycles. The minimum Gasteiger partial charge on any atom is -0.352 e. The summed E-state index contributed by atoms with van der Waals surface area (Å²) in [5.41, 5.74) is 0.538. The number of hydrogen-bond donors (Lipinski definition) is 2. The van der Waals surface area contributed by atoms with E-state index in [9.17, 15) is 14.0 Å². The van der Waals surface area contributed by atoms with Crippen molar-refractivity contribution >= 4 is 29.1 Å². The molecule has 0 spiro atoms. The fourth-order valence-electron chi connectivity index (χ4n) is 1.79. The second kappa shape index (κ2) is 7.56. The Hall–Kier alpha value is -2.40. The van der Waals surface area contributed by atoms with E-state index >= 15 is 0 Å². The van der Waals surface area contributed by atoms with Crippen molar-refractivity contribution in [3.8, 4) is 0 Å². The summed E-state index contributed by atoms with van der Waals surface area (Å²) >= 11 is 5.63. The number of carbonyl (C=O) groups excluding carboxylic acids is 2. The third-order valence-electron chi connectivity index (χ3n) is 2.90. The molecule has 2 rings (SSSR count). The van der Waals surface area contributed by atoms with Crippen LogP contribution in [0.4, 0.5) is 10.1 Å². The Bertz CT molecular complexity index is 677. The quantitative estimate of drug-likeness (QED) is 0.888. The standard InChI is InChI=1S/C16H14ClFN2O2/c17-12-7-4-8-13(15(12)18)20-14(21)9-10-19-16(22)11-5-2-1-3-6-11/h1-8H,9-10H2,(H,19,22)(H,20,21). The molecular weight excluding hydrogens is 307 g/mol. The Morgan fingerprint density at radius 3 is 2.50 bits per heavy atom. The summed E-state index contributed by atoms with van der Waals surface area (Å²) in [5, 5.41) is 4.98. The summed E-state index contributed by atoms with van der Waals surface area (Å²) in [6.07, 6.45) is 0.0323. The Morgan fingerprint density at radius 1 is 1.05 bits per heavy atom. The average Bonchev–Trinajstić information content (AvgIpc) is 2.52. The highest BCUT2D eigenvalue weighted by Gasteiger charge is 2.10. The van der Waals surface area contributed by atoms with Gasteiger partial charge < -0.3 is 10.6 Å². The van der Waals surface area contributed by atoms with Crippen molar-refractivity contribution in [1.82, 2.24) is 5.32 Å². The van der Waals surface area contributed by atoms with Crippen molar-refractivity contribution in [2.45, 2.75) is 6.42 Å². The molecule has 0 atom stereocenters. The number of hydrogen-bond acceptors (Lipinski definition) is 2. The van der Waals surface area contributed by atoms with Crippen LogP contribution in [0.25, 0.3) is 0 Å². The summed E-state index contributed by atoms with van der Waals surface area (Å²) in [6.45, 7) is 0.155. The number of amides is 2. The molecule has 0 fully saturated rings. The van der Waals surface area contributed by atoms with Crippen molar-refractivity contribution < 1.29 is 14.0 Å². The van der Waals surface area contributed by atoms with Crippen molar-refractivity contribution in [3.63, 3.8) is 0 Å². The number of carbonyl (C=O) groups is 2. The maximum absolute atomic E-state index is 13.6. The number of benzene rings is 2. The molecule has 0 saturated heterocycles. The van der Waals surface area contributed by atoms with Gasteiger partial charge in [-0.25, -0.2) is 4.39 Å². The first kappa shape index (κ1) is 16.0. The Labute approximate surface area is 132 Å². The van der Waals surface area contributed by atoms with Gasteiger partial charge in [0.15, 0.2) is 5.82 Å². The van der Waals surface area contributed by atoms with E-state index in [1.165, 1.54) is 18.2 Å². The zero-order valence-corrected chi connectivity index (χ0v) is 12.4. The van der Waals surface area contributed by atoms with Crippen molar-refractivity contribution in [2.75, 3.05) is 11.9 Å². The molecule has 0 aromatic heterocycles. The van der Waals surface area contributed by atoms with Crippen LogP contribution >= 0.6 is 11.6 Å². The Morgan fingerprint density at radius 2 is 1.77 bits per heavy atom. The highest BCUT2D eigenvalue weighted by atomic mass is 35.5. The number of rotatable bonds is 5. The average molecular weight is 321 g/mol. The van der Waals surface area contributed by atoms with E-state index in [-0.39, 0.29) is 29.6 Å². The summed E-state index contributed by atoms with van der Waals surface area (Å²) in [6, 6.07) is 13.0. The molecule has 6 heteroatoms. The molecule has 2 aromatic rings. The van der Waals surface area contributed by atoms with Crippen LogP contribution in [-0.4, -0.2) is 18.4 Å². The van der Waals surface area contributed by atoms with Crippen LogP contribution in [0.15, 0.2) is 48.5 Å². The summed E-state index contributed by atoms with van der Waals surface area (Å²) in [5.74, 6) is -1.34. The molecule has 2 amide bonds. The van der Waals surface area contributed by atoms with E-state index in [0.717, 1.165) is 0 Å². The molecule has 2 aromatic carbocycles. The van der Waals surface area contributed by atoms with Crippen molar-refractivity contribution in [2.24, 2.45) is 0 Å². The van der Waals surface area contributed by atoms with Gasteiger partial charge in [-0.15, -0.1) is 0 Å². The van der Waals surface area contributed by atoms with Crippen LogP contribution in [0, 0.1) is 5.82 Å². The van der Waals surface area contributed by atoms with Gasteiger partial charge in [-0.2, -0.15) is 0 Å². The molecule has 4 nitrogen and oxygen atoms in total. The molecule has 0 aliphatic carbocycles. The van der Waals surface area contributed by atoms with Crippen LogP contribution in [0.3, 0.4) is 0 Å². The fraction of sp³-hybridized carbons (Fsp3) is 0.125. The molecule has 2 N–H and O–H groups in total. The molecule has 0 unspecified atom stereocenters. The molecule has 0 aliphatic heterocycles. The first-order valence-electron chi connectivity index (χ1n) is 6.65. The van der Waals surface area contributed by atoms with Gasteiger partial charge in [0.1, 0.15) is 0 Å². The summed E-state index contributed by atoms with van der Waals surface area (Å²) < 4.78 is 13.6. The topological polar surface area (TPSA) is 58.2 Å². The van der Waals surface area contributed by atoms with E-state index in [1.54, 1.807) is 24.3 Å². The predicted octanol–water partition coefficient (Wildman–Crippen LogP) is 3.24. The molecule has 0 heterocycles. The monoisotopic (exact) mass is 320 g/mol. The lowest BCUT2D eigenvalue weighted by atomic mass is 10.2. The molecule has 22 heavy (non-hydrogen) atoms. The van der Waals surface area contributed by atoms with Crippen LogP contribution < -0.4 is 10.6 Å². The van der Waals surface area contributed by atoms with Gasteiger partial charge in [0.25, 0.3) is 5.91 Å². The second-order valence-corrected chi connectivity index (χ2v) is 4.93. The fourth-order valence-corrected chi connectivity index (χ4v) is 1.97. The normalized spacial score (nSPS) is 10.1.